The van der Waals surface area contributed by atoms with Crippen LogP contribution in [0.4, 0.5) is 10.2 Å². The topological polar surface area (TPSA) is 57.3 Å². The van der Waals surface area contributed by atoms with Crippen molar-refractivity contribution in [1.82, 2.24) is 15.3 Å². The largest absolute Gasteiger partial charge is 0.295 e. The van der Waals surface area contributed by atoms with Crippen LogP contribution >= 0.6 is 0 Å². The smallest absolute Gasteiger partial charge is 0.255 e. The van der Waals surface area contributed by atoms with Crippen LogP contribution in [0.1, 0.15) is 12.8 Å². The standard InChI is InChI=1S/C11H15FN4O/c1-16-6-2-3-9(16)11(17)15-14-10-5-4-8(12)7-13-10/h4-5,7,9H,2-3,6H2,1H3,(H,13,14)(H,15,17). The lowest BCUT2D eigenvalue weighted by molar-refractivity contribution is -0.124. The molecule has 17 heavy (non-hydrogen) atoms. The summed E-state index contributed by atoms with van der Waals surface area (Å²) in [5, 5.41) is 0. The molecule has 5 nitrogen and oxygen atoms in total. The summed E-state index contributed by atoms with van der Waals surface area (Å²) in [5.74, 6) is -0.0751. The Balaban J connectivity index is 1.85. The quantitative estimate of drug-likeness (QED) is 0.763. The van der Waals surface area contributed by atoms with Crippen LogP contribution in [0.3, 0.4) is 0 Å². The number of anilines is 1. The highest BCUT2D eigenvalue weighted by atomic mass is 19.1. The molecule has 0 radical (unpaired) electrons. The molecule has 92 valence electrons. The van der Waals surface area contributed by atoms with Crippen LogP contribution in [-0.4, -0.2) is 35.4 Å². The molecular formula is C11H15FN4O. The van der Waals surface area contributed by atoms with E-state index in [0.717, 1.165) is 25.6 Å². The van der Waals surface area contributed by atoms with Crippen LogP contribution in [0.25, 0.3) is 0 Å². The molecule has 1 aromatic heterocycles. The van der Waals surface area contributed by atoms with Crippen LogP contribution in [-0.2, 0) is 4.79 Å². The number of nitrogens with one attached hydrogen (secondary N) is 2. The first kappa shape index (κ1) is 11.8. The van der Waals surface area contributed by atoms with Gasteiger partial charge in [0.15, 0.2) is 0 Å². The maximum absolute atomic E-state index is 12.6. The van der Waals surface area contributed by atoms with Gasteiger partial charge in [0.1, 0.15) is 11.6 Å². The number of amides is 1. The Labute approximate surface area is 99.0 Å². The van der Waals surface area contributed by atoms with Gasteiger partial charge in [-0.3, -0.25) is 20.5 Å². The first-order valence-corrected chi connectivity index (χ1v) is 5.54. The zero-order chi connectivity index (χ0) is 12.3. The summed E-state index contributed by atoms with van der Waals surface area (Å²) in [6, 6.07) is 2.65. The summed E-state index contributed by atoms with van der Waals surface area (Å²) in [6.45, 7) is 0.937. The number of hydrazine groups is 1. The third kappa shape index (κ3) is 2.91. The second-order valence-electron chi connectivity index (χ2n) is 4.11. The molecule has 2 rings (SSSR count). The average molecular weight is 238 g/mol. The fourth-order valence-corrected chi connectivity index (χ4v) is 1.90. The summed E-state index contributed by atoms with van der Waals surface area (Å²) < 4.78 is 12.6. The van der Waals surface area contributed by atoms with Crippen molar-refractivity contribution in [1.29, 1.82) is 0 Å². The summed E-state index contributed by atoms with van der Waals surface area (Å²) in [5.41, 5.74) is 5.24. The number of hydrogen-bond donors (Lipinski definition) is 2. The number of likely N-dealkylation sites (tertiary alicyclic amines) is 1. The predicted molar refractivity (Wildman–Crippen MR) is 61.6 cm³/mol. The van der Waals surface area contributed by atoms with Crippen molar-refractivity contribution in [3.8, 4) is 0 Å². The summed E-state index contributed by atoms with van der Waals surface area (Å²) in [6.07, 6.45) is 2.99. The predicted octanol–water partition coefficient (Wildman–Crippen LogP) is 0.758. The number of nitrogens with zero attached hydrogens (tertiary/aromatic N) is 2. The average Bonchev–Trinajstić information content (AvgIpc) is 2.74. The molecule has 1 aliphatic heterocycles. The van der Waals surface area contributed by atoms with Crippen LogP contribution in [0, 0.1) is 5.82 Å². The van der Waals surface area contributed by atoms with E-state index in [1.807, 2.05) is 11.9 Å². The number of carbonyl (C=O) groups is 1. The minimum atomic E-state index is -0.405. The van der Waals surface area contributed by atoms with Crippen molar-refractivity contribution in [2.45, 2.75) is 18.9 Å². The molecule has 1 aromatic rings. The second kappa shape index (κ2) is 5.09. The molecule has 0 aromatic carbocycles. The van der Waals surface area contributed by atoms with Crippen molar-refractivity contribution in [2.75, 3.05) is 19.0 Å². The minimum absolute atomic E-state index is 0.0869. The van der Waals surface area contributed by atoms with Gasteiger partial charge in [-0.05, 0) is 38.6 Å². The van der Waals surface area contributed by atoms with Gasteiger partial charge < -0.3 is 0 Å². The maximum Gasteiger partial charge on any atom is 0.255 e. The van der Waals surface area contributed by atoms with Gasteiger partial charge >= 0.3 is 0 Å². The number of hydrogen-bond acceptors (Lipinski definition) is 4. The summed E-state index contributed by atoms with van der Waals surface area (Å²) in [4.78, 5) is 17.6. The molecule has 6 heteroatoms. The lowest BCUT2D eigenvalue weighted by atomic mass is 10.2. The molecule has 1 unspecified atom stereocenters. The van der Waals surface area contributed by atoms with E-state index in [4.69, 9.17) is 0 Å². The highest BCUT2D eigenvalue weighted by molar-refractivity contribution is 5.82. The fourth-order valence-electron chi connectivity index (χ4n) is 1.90. The molecule has 1 fully saturated rings. The normalized spacial score (nSPS) is 20.2. The Morgan fingerprint density at radius 3 is 3.00 bits per heavy atom. The Morgan fingerprint density at radius 1 is 1.59 bits per heavy atom. The third-order valence-corrected chi connectivity index (χ3v) is 2.86. The molecule has 2 N–H and O–H groups in total. The van der Waals surface area contributed by atoms with E-state index in [0.29, 0.717) is 5.82 Å². The van der Waals surface area contributed by atoms with Gasteiger partial charge in [-0.15, -0.1) is 0 Å². The number of carbonyl (C=O) groups excluding carboxylic acids is 1. The fraction of sp³-hybridized carbons (Fsp3) is 0.455. The highest BCUT2D eigenvalue weighted by Crippen LogP contribution is 2.14. The number of rotatable bonds is 3. The summed E-state index contributed by atoms with van der Waals surface area (Å²) >= 11 is 0. The van der Waals surface area contributed by atoms with Crippen molar-refractivity contribution in [2.24, 2.45) is 0 Å². The molecule has 0 spiro atoms. The number of aromatic nitrogens is 1. The van der Waals surface area contributed by atoms with E-state index < -0.39 is 5.82 Å². The van der Waals surface area contributed by atoms with Gasteiger partial charge in [-0.2, -0.15) is 0 Å². The van der Waals surface area contributed by atoms with E-state index in [-0.39, 0.29) is 11.9 Å². The SMILES string of the molecule is CN1CCCC1C(=O)NNc1ccc(F)cn1. The van der Waals surface area contributed by atoms with Crippen molar-refractivity contribution in [3.63, 3.8) is 0 Å². The van der Waals surface area contributed by atoms with Crippen LogP contribution in [0.5, 0.6) is 0 Å². The van der Waals surface area contributed by atoms with E-state index >= 15 is 0 Å². The number of likely N-dealkylation sites (N-methyl/N-ethyl adjacent to an activating group) is 1. The Morgan fingerprint density at radius 2 is 2.41 bits per heavy atom. The molecule has 0 aliphatic carbocycles. The van der Waals surface area contributed by atoms with Gasteiger partial charge in [0.25, 0.3) is 5.91 Å². The number of pyridine rings is 1. The first-order valence-electron chi connectivity index (χ1n) is 5.54. The van der Waals surface area contributed by atoms with Crippen molar-refractivity contribution >= 4 is 11.7 Å². The lowest BCUT2D eigenvalue weighted by Crippen LogP contribution is -2.43. The van der Waals surface area contributed by atoms with Crippen LogP contribution in [0.2, 0.25) is 0 Å². The lowest BCUT2D eigenvalue weighted by Gasteiger charge is -2.18. The Kier molecular flexibility index (Phi) is 3.53. The second-order valence-corrected chi connectivity index (χ2v) is 4.11. The van der Waals surface area contributed by atoms with Gasteiger partial charge in [0.2, 0.25) is 0 Å². The van der Waals surface area contributed by atoms with E-state index in [2.05, 4.69) is 15.8 Å². The molecule has 1 aliphatic rings. The Bertz CT molecular complexity index is 395. The Hall–Kier alpha value is -1.69. The molecule has 1 atom stereocenters. The number of halogens is 1. The zero-order valence-electron chi connectivity index (χ0n) is 9.61. The van der Waals surface area contributed by atoms with E-state index in [1.54, 1.807) is 0 Å². The summed E-state index contributed by atoms with van der Waals surface area (Å²) in [7, 11) is 1.92. The van der Waals surface area contributed by atoms with Crippen molar-refractivity contribution in [3.05, 3.63) is 24.1 Å². The molecule has 1 saturated heterocycles. The van der Waals surface area contributed by atoms with Crippen LogP contribution < -0.4 is 10.9 Å². The monoisotopic (exact) mass is 238 g/mol. The molecule has 2 heterocycles. The highest BCUT2D eigenvalue weighted by Gasteiger charge is 2.27. The van der Waals surface area contributed by atoms with Gasteiger partial charge in [0, 0.05) is 0 Å². The van der Waals surface area contributed by atoms with E-state index in [9.17, 15) is 9.18 Å². The zero-order valence-corrected chi connectivity index (χ0v) is 9.61. The van der Waals surface area contributed by atoms with Crippen LogP contribution in [0.15, 0.2) is 18.3 Å². The molecule has 0 bridgehead atoms. The molecule has 1 amide bonds. The van der Waals surface area contributed by atoms with Gasteiger partial charge in [0.05, 0.1) is 12.2 Å². The van der Waals surface area contributed by atoms with Crippen molar-refractivity contribution < 1.29 is 9.18 Å². The molecular weight excluding hydrogens is 223 g/mol. The first-order chi connectivity index (χ1) is 8.16. The molecule has 0 saturated carbocycles. The minimum Gasteiger partial charge on any atom is -0.295 e. The maximum atomic E-state index is 12.6. The van der Waals surface area contributed by atoms with Gasteiger partial charge in [-0.25, -0.2) is 9.37 Å². The van der Waals surface area contributed by atoms with Gasteiger partial charge in [-0.1, -0.05) is 0 Å². The third-order valence-electron chi connectivity index (χ3n) is 2.86. The van der Waals surface area contributed by atoms with E-state index in [1.165, 1.54) is 12.1 Å².